The predicted molar refractivity (Wildman–Crippen MR) is 95.4 cm³/mol. The number of ether oxygens (including phenoxy) is 1. The number of hydrogen-bond donors (Lipinski definition) is 0. The molecule has 0 aliphatic rings. The highest BCUT2D eigenvalue weighted by Crippen LogP contribution is 2.27. The Hall–Kier alpha value is -2.47. The summed E-state index contributed by atoms with van der Waals surface area (Å²) in [6, 6.07) is 9.34. The van der Waals surface area contributed by atoms with Crippen LogP contribution in [0.5, 0.6) is 5.75 Å². The molecule has 0 fully saturated rings. The lowest BCUT2D eigenvalue weighted by atomic mass is 10.3. The lowest BCUT2D eigenvalue weighted by Gasteiger charge is -2.17. The zero-order valence-corrected chi connectivity index (χ0v) is 14.4. The number of amides is 1. The molecule has 0 aliphatic carbocycles. The molecular weight excluding hydrogens is 324 g/mol. The maximum absolute atomic E-state index is 12.4. The summed E-state index contributed by atoms with van der Waals surface area (Å²) < 4.78 is 11.0. The van der Waals surface area contributed by atoms with E-state index in [0.717, 1.165) is 10.6 Å². The number of para-hydroxylation sites is 1. The number of aromatic nitrogens is 1. The Labute approximate surface area is 146 Å². The molecule has 0 aliphatic heterocycles. The molecular formula is C18H20N2O3S. The Morgan fingerprint density at radius 1 is 1.33 bits per heavy atom. The SMILES string of the molecule is C=CCN(CC=C)C(=O)c1cc(COc2ccccc2SC)on1. The molecule has 6 heteroatoms. The molecule has 1 amide bonds. The zero-order chi connectivity index (χ0) is 17.4. The van der Waals surface area contributed by atoms with Crippen LogP contribution in [0, 0.1) is 0 Å². The van der Waals surface area contributed by atoms with Gasteiger partial charge in [0.25, 0.3) is 5.91 Å². The summed E-state index contributed by atoms with van der Waals surface area (Å²) in [6.45, 7) is 8.35. The first-order valence-electron chi connectivity index (χ1n) is 7.42. The van der Waals surface area contributed by atoms with E-state index in [4.69, 9.17) is 9.26 Å². The fraction of sp³-hybridized carbons (Fsp3) is 0.222. The van der Waals surface area contributed by atoms with Crippen LogP contribution in [0.15, 0.2) is 65.1 Å². The number of carbonyl (C=O) groups excluding carboxylic acids is 1. The van der Waals surface area contributed by atoms with Gasteiger partial charge in [-0.1, -0.05) is 29.4 Å². The summed E-state index contributed by atoms with van der Waals surface area (Å²) in [6.07, 6.45) is 5.30. The molecule has 0 saturated carbocycles. The second-order valence-corrected chi connectivity index (χ2v) is 5.75. The molecule has 1 heterocycles. The van der Waals surface area contributed by atoms with Crippen LogP contribution in [0.2, 0.25) is 0 Å². The molecule has 5 nitrogen and oxygen atoms in total. The van der Waals surface area contributed by atoms with Crippen molar-refractivity contribution < 1.29 is 14.1 Å². The second kappa shape index (κ2) is 8.98. The molecule has 0 radical (unpaired) electrons. The smallest absolute Gasteiger partial charge is 0.276 e. The summed E-state index contributed by atoms with van der Waals surface area (Å²) in [5, 5.41) is 3.84. The van der Waals surface area contributed by atoms with Crippen molar-refractivity contribution in [2.75, 3.05) is 19.3 Å². The van der Waals surface area contributed by atoms with Gasteiger partial charge in [-0.05, 0) is 18.4 Å². The summed E-state index contributed by atoms with van der Waals surface area (Å²) in [5.41, 5.74) is 0.246. The second-order valence-electron chi connectivity index (χ2n) is 4.91. The Balaban J connectivity index is 2.03. The molecule has 1 aromatic heterocycles. The summed E-state index contributed by atoms with van der Waals surface area (Å²) in [5.74, 6) is 1.04. The average Bonchev–Trinajstić information content (AvgIpc) is 3.08. The summed E-state index contributed by atoms with van der Waals surface area (Å²) >= 11 is 1.60. The molecule has 126 valence electrons. The van der Waals surface area contributed by atoms with Gasteiger partial charge in [-0.3, -0.25) is 4.79 Å². The predicted octanol–water partition coefficient (Wildman–Crippen LogP) is 3.79. The van der Waals surface area contributed by atoms with E-state index in [-0.39, 0.29) is 18.2 Å². The molecule has 0 spiro atoms. The fourth-order valence-corrected chi connectivity index (χ4v) is 2.63. The van der Waals surface area contributed by atoms with Crippen molar-refractivity contribution in [3.63, 3.8) is 0 Å². The highest BCUT2D eigenvalue weighted by atomic mass is 32.2. The van der Waals surface area contributed by atoms with Crippen molar-refractivity contribution in [3.8, 4) is 5.75 Å². The van der Waals surface area contributed by atoms with Crippen molar-refractivity contribution in [2.45, 2.75) is 11.5 Å². The highest BCUT2D eigenvalue weighted by Gasteiger charge is 2.18. The Bertz CT molecular complexity index is 702. The first-order chi connectivity index (χ1) is 11.7. The van der Waals surface area contributed by atoms with Gasteiger partial charge < -0.3 is 14.2 Å². The Kier molecular flexibility index (Phi) is 6.69. The lowest BCUT2D eigenvalue weighted by molar-refractivity contribution is 0.0780. The molecule has 1 aromatic carbocycles. The number of hydrogen-bond acceptors (Lipinski definition) is 5. The van der Waals surface area contributed by atoms with E-state index in [2.05, 4.69) is 18.3 Å². The van der Waals surface area contributed by atoms with Gasteiger partial charge in [-0.25, -0.2) is 0 Å². The van der Waals surface area contributed by atoms with Gasteiger partial charge >= 0.3 is 0 Å². The van der Waals surface area contributed by atoms with Crippen LogP contribution in [-0.2, 0) is 6.61 Å². The van der Waals surface area contributed by atoms with E-state index in [0.29, 0.717) is 18.8 Å². The number of rotatable bonds is 9. The quantitative estimate of drug-likeness (QED) is 0.512. The van der Waals surface area contributed by atoms with Crippen molar-refractivity contribution in [2.24, 2.45) is 0 Å². The van der Waals surface area contributed by atoms with E-state index < -0.39 is 0 Å². The number of nitrogens with zero attached hydrogens (tertiary/aromatic N) is 2. The first kappa shape index (κ1) is 17.9. The minimum absolute atomic E-state index is 0.209. The van der Waals surface area contributed by atoms with E-state index in [1.165, 1.54) is 0 Å². The van der Waals surface area contributed by atoms with Crippen LogP contribution in [-0.4, -0.2) is 35.3 Å². The van der Waals surface area contributed by atoms with Gasteiger partial charge in [0, 0.05) is 24.1 Å². The van der Waals surface area contributed by atoms with Crippen LogP contribution >= 0.6 is 11.8 Å². The van der Waals surface area contributed by atoms with Gasteiger partial charge in [0.05, 0.1) is 0 Å². The number of carbonyl (C=O) groups is 1. The minimum Gasteiger partial charge on any atom is -0.484 e. The molecule has 0 N–H and O–H groups in total. The molecule has 0 atom stereocenters. The molecule has 2 aromatic rings. The largest absolute Gasteiger partial charge is 0.484 e. The van der Waals surface area contributed by atoms with E-state index in [9.17, 15) is 4.79 Å². The van der Waals surface area contributed by atoms with E-state index in [1.54, 1.807) is 34.9 Å². The average molecular weight is 344 g/mol. The third-order valence-corrected chi connectivity index (χ3v) is 3.98. The van der Waals surface area contributed by atoms with Crippen molar-refractivity contribution in [1.29, 1.82) is 0 Å². The first-order valence-corrected chi connectivity index (χ1v) is 8.64. The monoisotopic (exact) mass is 344 g/mol. The molecule has 2 rings (SSSR count). The molecule has 0 unspecified atom stereocenters. The van der Waals surface area contributed by atoms with Crippen molar-refractivity contribution in [1.82, 2.24) is 10.1 Å². The lowest BCUT2D eigenvalue weighted by Crippen LogP contribution is -2.31. The fourth-order valence-electron chi connectivity index (χ4n) is 2.08. The number of benzene rings is 1. The third kappa shape index (κ3) is 4.52. The van der Waals surface area contributed by atoms with Crippen molar-refractivity contribution in [3.05, 3.63) is 67.1 Å². The Morgan fingerprint density at radius 2 is 2.04 bits per heavy atom. The van der Waals surface area contributed by atoms with Gasteiger partial charge in [0.2, 0.25) is 0 Å². The van der Waals surface area contributed by atoms with Gasteiger partial charge in [0.1, 0.15) is 12.4 Å². The van der Waals surface area contributed by atoms with Crippen LogP contribution in [0.1, 0.15) is 16.2 Å². The van der Waals surface area contributed by atoms with E-state index in [1.807, 2.05) is 30.5 Å². The van der Waals surface area contributed by atoms with Gasteiger partial charge in [-0.2, -0.15) is 0 Å². The normalized spacial score (nSPS) is 10.2. The standard InChI is InChI=1S/C18H20N2O3S/c1-4-10-20(11-5-2)18(21)15-12-14(23-19-15)13-22-16-8-6-7-9-17(16)24-3/h4-9,12H,1-2,10-11,13H2,3H3. The van der Waals surface area contributed by atoms with Gasteiger partial charge in [-0.15, -0.1) is 24.9 Å². The highest BCUT2D eigenvalue weighted by molar-refractivity contribution is 7.98. The minimum atomic E-state index is -0.227. The van der Waals surface area contributed by atoms with Crippen LogP contribution in [0.3, 0.4) is 0 Å². The summed E-state index contributed by atoms with van der Waals surface area (Å²) in [4.78, 5) is 15.0. The number of thioether (sulfide) groups is 1. The van der Waals surface area contributed by atoms with Crippen LogP contribution < -0.4 is 4.74 Å². The molecule has 24 heavy (non-hydrogen) atoms. The Morgan fingerprint density at radius 3 is 2.71 bits per heavy atom. The van der Waals surface area contributed by atoms with Crippen molar-refractivity contribution >= 4 is 17.7 Å². The van der Waals surface area contributed by atoms with Gasteiger partial charge in [0.15, 0.2) is 11.5 Å². The zero-order valence-electron chi connectivity index (χ0n) is 13.6. The topological polar surface area (TPSA) is 55.6 Å². The van der Waals surface area contributed by atoms with Crippen LogP contribution in [0.25, 0.3) is 0 Å². The molecule has 0 saturated heterocycles. The maximum Gasteiger partial charge on any atom is 0.276 e. The third-order valence-electron chi connectivity index (χ3n) is 3.20. The molecule has 0 bridgehead atoms. The summed E-state index contributed by atoms with van der Waals surface area (Å²) in [7, 11) is 0. The maximum atomic E-state index is 12.4. The van der Waals surface area contributed by atoms with E-state index >= 15 is 0 Å². The van der Waals surface area contributed by atoms with Crippen LogP contribution in [0.4, 0.5) is 0 Å².